The van der Waals surface area contributed by atoms with Gasteiger partial charge in [0.05, 0.1) is 12.6 Å². The average molecular weight is 299 g/mol. The van der Waals surface area contributed by atoms with E-state index in [2.05, 4.69) is 10.1 Å². The van der Waals surface area contributed by atoms with Crippen molar-refractivity contribution in [3.05, 3.63) is 42.2 Å². The Morgan fingerprint density at radius 2 is 2.14 bits per heavy atom. The summed E-state index contributed by atoms with van der Waals surface area (Å²) in [5, 5.41) is 4.14. The van der Waals surface area contributed by atoms with Gasteiger partial charge in [-0.25, -0.2) is 0 Å². The summed E-state index contributed by atoms with van der Waals surface area (Å²) in [6.07, 6.45) is 1.96. The first kappa shape index (κ1) is 14.8. The van der Waals surface area contributed by atoms with Crippen molar-refractivity contribution in [3.63, 3.8) is 0 Å². The van der Waals surface area contributed by atoms with Gasteiger partial charge in [0.15, 0.2) is 5.76 Å². The Kier molecular flexibility index (Phi) is 4.24. The minimum absolute atomic E-state index is 0.0414. The third kappa shape index (κ3) is 3.04. The Hall–Kier alpha value is -2.14. The highest BCUT2D eigenvalue weighted by Crippen LogP contribution is 2.24. The fourth-order valence-corrected chi connectivity index (χ4v) is 2.93. The third-order valence-corrected chi connectivity index (χ3v) is 4.08. The van der Waals surface area contributed by atoms with Crippen LogP contribution in [-0.4, -0.2) is 47.5 Å². The lowest BCUT2D eigenvalue weighted by molar-refractivity contribution is -0.133. The molecule has 1 aromatic heterocycles. The van der Waals surface area contributed by atoms with E-state index in [9.17, 15) is 4.79 Å². The molecule has 0 aliphatic carbocycles. The molecular weight excluding hydrogens is 278 g/mol. The number of carbonyl (C=O) groups is 1. The van der Waals surface area contributed by atoms with Crippen LogP contribution in [0.4, 0.5) is 0 Å². The summed E-state index contributed by atoms with van der Waals surface area (Å²) in [7, 11) is 3.61. The van der Waals surface area contributed by atoms with Crippen LogP contribution in [0.2, 0.25) is 0 Å². The third-order valence-electron chi connectivity index (χ3n) is 4.08. The molecule has 5 heteroatoms. The van der Waals surface area contributed by atoms with Gasteiger partial charge in [-0.2, -0.15) is 0 Å². The van der Waals surface area contributed by atoms with Gasteiger partial charge in [0.1, 0.15) is 5.69 Å². The number of rotatable bonds is 4. The molecule has 0 radical (unpaired) electrons. The highest BCUT2D eigenvalue weighted by molar-refractivity contribution is 5.81. The molecule has 1 amide bonds. The van der Waals surface area contributed by atoms with E-state index in [1.807, 2.05) is 36.4 Å². The van der Waals surface area contributed by atoms with Crippen molar-refractivity contribution in [2.45, 2.75) is 25.4 Å². The Morgan fingerprint density at radius 3 is 2.86 bits per heavy atom. The maximum Gasteiger partial charge on any atom is 0.239 e. The number of hydrogen-bond acceptors (Lipinski definition) is 4. The molecule has 0 saturated carbocycles. The average Bonchev–Trinajstić information content (AvgIpc) is 3.17. The SMILES string of the molecule is CN(C)C(=O)C1CCCN1Cc1cc(-c2ccccc2)no1. The van der Waals surface area contributed by atoms with Crippen molar-refractivity contribution >= 4 is 5.91 Å². The number of likely N-dealkylation sites (tertiary alicyclic amines) is 1. The number of amides is 1. The van der Waals surface area contributed by atoms with Crippen molar-refractivity contribution in [2.24, 2.45) is 0 Å². The van der Waals surface area contributed by atoms with Crippen molar-refractivity contribution in [3.8, 4) is 11.3 Å². The molecule has 0 spiro atoms. The minimum atomic E-state index is -0.0414. The maximum absolute atomic E-state index is 12.2. The van der Waals surface area contributed by atoms with Crippen LogP contribution in [0.3, 0.4) is 0 Å². The number of aromatic nitrogens is 1. The Bertz CT molecular complexity index is 636. The summed E-state index contributed by atoms with van der Waals surface area (Å²) < 4.78 is 5.45. The number of hydrogen-bond donors (Lipinski definition) is 0. The summed E-state index contributed by atoms with van der Waals surface area (Å²) in [4.78, 5) is 16.1. The van der Waals surface area contributed by atoms with Gasteiger partial charge < -0.3 is 9.42 Å². The Balaban J connectivity index is 1.71. The monoisotopic (exact) mass is 299 g/mol. The van der Waals surface area contributed by atoms with Gasteiger partial charge >= 0.3 is 0 Å². The van der Waals surface area contributed by atoms with Crippen molar-refractivity contribution in [2.75, 3.05) is 20.6 Å². The van der Waals surface area contributed by atoms with E-state index < -0.39 is 0 Å². The zero-order valence-corrected chi connectivity index (χ0v) is 13.0. The van der Waals surface area contributed by atoms with Crippen LogP contribution in [0.15, 0.2) is 40.9 Å². The zero-order chi connectivity index (χ0) is 15.5. The molecule has 0 N–H and O–H groups in total. The van der Waals surface area contributed by atoms with Crippen LogP contribution in [-0.2, 0) is 11.3 Å². The molecule has 116 valence electrons. The summed E-state index contributed by atoms with van der Waals surface area (Å²) in [6.45, 7) is 1.55. The van der Waals surface area contributed by atoms with Gasteiger partial charge in [0.25, 0.3) is 0 Å². The van der Waals surface area contributed by atoms with Crippen LogP contribution in [0.1, 0.15) is 18.6 Å². The summed E-state index contributed by atoms with van der Waals surface area (Å²) >= 11 is 0. The fourth-order valence-electron chi connectivity index (χ4n) is 2.93. The van der Waals surface area contributed by atoms with Crippen molar-refractivity contribution in [1.82, 2.24) is 15.0 Å². The Labute approximate surface area is 130 Å². The molecule has 3 rings (SSSR count). The molecule has 1 saturated heterocycles. The molecule has 22 heavy (non-hydrogen) atoms. The molecule has 1 fully saturated rings. The second-order valence-corrected chi connectivity index (χ2v) is 5.91. The first-order chi connectivity index (χ1) is 10.6. The van der Waals surface area contributed by atoms with Gasteiger partial charge in [-0.05, 0) is 19.4 Å². The largest absolute Gasteiger partial charge is 0.359 e. The van der Waals surface area contributed by atoms with Crippen LogP contribution in [0.5, 0.6) is 0 Å². The smallest absolute Gasteiger partial charge is 0.239 e. The normalized spacial score (nSPS) is 18.5. The first-order valence-corrected chi connectivity index (χ1v) is 7.61. The number of likely N-dealkylation sites (N-methyl/N-ethyl adjacent to an activating group) is 1. The van der Waals surface area contributed by atoms with Gasteiger partial charge in [0.2, 0.25) is 5.91 Å². The zero-order valence-electron chi connectivity index (χ0n) is 13.0. The van der Waals surface area contributed by atoms with E-state index in [0.29, 0.717) is 6.54 Å². The Morgan fingerprint density at radius 1 is 1.36 bits per heavy atom. The predicted molar refractivity (Wildman–Crippen MR) is 84.1 cm³/mol. The van der Waals surface area contributed by atoms with Crippen molar-refractivity contribution < 1.29 is 9.32 Å². The number of nitrogens with zero attached hydrogens (tertiary/aromatic N) is 3. The summed E-state index contributed by atoms with van der Waals surface area (Å²) in [5.74, 6) is 0.970. The molecular formula is C17H21N3O2. The maximum atomic E-state index is 12.2. The van der Waals surface area contributed by atoms with Crippen LogP contribution in [0, 0.1) is 0 Å². The highest BCUT2D eigenvalue weighted by Gasteiger charge is 2.32. The molecule has 0 bridgehead atoms. The molecule has 1 aliphatic heterocycles. The van der Waals surface area contributed by atoms with Crippen LogP contribution >= 0.6 is 0 Å². The van der Waals surface area contributed by atoms with Gasteiger partial charge in [-0.3, -0.25) is 9.69 Å². The topological polar surface area (TPSA) is 49.6 Å². The van der Waals surface area contributed by atoms with Gasteiger partial charge in [-0.15, -0.1) is 0 Å². The summed E-state index contributed by atoms with van der Waals surface area (Å²) in [6, 6.07) is 11.9. The lowest BCUT2D eigenvalue weighted by Gasteiger charge is -2.24. The second kappa shape index (κ2) is 6.32. The van der Waals surface area contributed by atoms with Crippen LogP contribution in [0.25, 0.3) is 11.3 Å². The highest BCUT2D eigenvalue weighted by atomic mass is 16.5. The second-order valence-electron chi connectivity index (χ2n) is 5.91. The molecule has 1 aromatic carbocycles. The minimum Gasteiger partial charge on any atom is -0.359 e. The molecule has 1 aliphatic rings. The molecule has 1 unspecified atom stereocenters. The predicted octanol–water partition coefficient (Wildman–Crippen LogP) is 2.39. The van der Waals surface area contributed by atoms with Crippen molar-refractivity contribution in [1.29, 1.82) is 0 Å². The quantitative estimate of drug-likeness (QED) is 0.870. The van der Waals surface area contributed by atoms with Gasteiger partial charge in [-0.1, -0.05) is 35.5 Å². The fraction of sp³-hybridized carbons (Fsp3) is 0.412. The van der Waals surface area contributed by atoms with Gasteiger partial charge in [0, 0.05) is 25.7 Å². The molecule has 2 aromatic rings. The standard InChI is InChI=1S/C17H21N3O2/c1-19(2)17(21)16-9-6-10-20(16)12-14-11-15(18-22-14)13-7-4-3-5-8-13/h3-5,7-8,11,16H,6,9-10,12H2,1-2H3. The lowest BCUT2D eigenvalue weighted by Crippen LogP contribution is -2.42. The first-order valence-electron chi connectivity index (χ1n) is 7.61. The van der Waals surface area contributed by atoms with E-state index in [1.54, 1.807) is 19.0 Å². The van der Waals surface area contributed by atoms with E-state index in [4.69, 9.17) is 4.52 Å². The molecule has 5 nitrogen and oxygen atoms in total. The van der Waals surface area contributed by atoms with E-state index in [0.717, 1.165) is 36.4 Å². The molecule has 1 atom stereocenters. The number of benzene rings is 1. The van der Waals surface area contributed by atoms with E-state index >= 15 is 0 Å². The van der Waals surface area contributed by atoms with Crippen LogP contribution < -0.4 is 0 Å². The molecule has 2 heterocycles. The van der Waals surface area contributed by atoms with E-state index in [1.165, 1.54) is 0 Å². The summed E-state index contributed by atoms with van der Waals surface area (Å²) in [5.41, 5.74) is 1.88. The number of carbonyl (C=O) groups excluding carboxylic acids is 1. The lowest BCUT2D eigenvalue weighted by atomic mass is 10.1. The van der Waals surface area contributed by atoms with E-state index in [-0.39, 0.29) is 11.9 Å².